The molecule has 0 fully saturated rings. The van der Waals surface area contributed by atoms with Crippen molar-refractivity contribution in [2.24, 2.45) is 0 Å². The molecule has 2 heteroatoms. The molecule has 19 heavy (non-hydrogen) atoms. The number of methoxy groups -OCH3 is 1. The van der Waals surface area contributed by atoms with Crippen LogP contribution in [-0.2, 0) is 6.42 Å². The summed E-state index contributed by atoms with van der Waals surface area (Å²) in [4.78, 5) is 0. The zero-order valence-corrected chi connectivity index (χ0v) is 12.4. The number of hydrogen-bond acceptors (Lipinski definition) is 1. The van der Waals surface area contributed by atoms with Crippen molar-refractivity contribution in [3.05, 3.63) is 64.7 Å². The van der Waals surface area contributed by atoms with E-state index in [1.807, 2.05) is 12.1 Å². The molecule has 0 aliphatic rings. The number of halogens is 1. The van der Waals surface area contributed by atoms with Gasteiger partial charge < -0.3 is 4.74 Å². The maximum atomic E-state index is 6.53. The summed E-state index contributed by atoms with van der Waals surface area (Å²) in [7, 11) is 1.68. The third kappa shape index (κ3) is 3.74. The van der Waals surface area contributed by atoms with Crippen molar-refractivity contribution >= 4 is 11.6 Å². The van der Waals surface area contributed by atoms with Crippen LogP contribution in [0.2, 0.25) is 0 Å². The van der Waals surface area contributed by atoms with Gasteiger partial charge in [-0.2, -0.15) is 0 Å². The fraction of sp³-hybridized carbons (Fsp3) is 0.294. The molecule has 1 nitrogen and oxygen atoms in total. The van der Waals surface area contributed by atoms with E-state index in [1.165, 1.54) is 22.3 Å². The molecule has 100 valence electrons. The molecule has 0 saturated carbocycles. The Morgan fingerprint density at radius 1 is 1.00 bits per heavy atom. The van der Waals surface area contributed by atoms with Crippen LogP contribution in [0.15, 0.2) is 42.5 Å². The number of benzene rings is 2. The molecule has 0 heterocycles. The fourth-order valence-corrected chi connectivity index (χ4v) is 2.58. The molecule has 1 unspecified atom stereocenters. The summed E-state index contributed by atoms with van der Waals surface area (Å²) < 4.78 is 5.16. The fourth-order valence-electron chi connectivity index (χ4n) is 2.28. The van der Waals surface area contributed by atoms with Crippen LogP contribution in [0.4, 0.5) is 0 Å². The normalized spacial score (nSPS) is 12.2. The molecule has 0 saturated heterocycles. The monoisotopic (exact) mass is 274 g/mol. The van der Waals surface area contributed by atoms with Crippen molar-refractivity contribution in [1.29, 1.82) is 0 Å². The van der Waals surface area contributed by atoms with Crippen molar-refractivity contribution < 1.29 is 4.74 Å². The second-order valence-electron chi connectivity index (χ2n) is 4.94. The predicted molar refractivity (Wildman–Crippen MR) is 81.2 cm³/mol. The summed E-state index contributed by atoms with van der Waals surface area (Å²) in [6.07, 6.45) is 0.828. The standard InChI is InChI=1S/C17H19ClO/c1-12-8-13(2)10-15(9-12)17(18)11-14-4-6-16(19-3)7-5-14/h4-10,17H,11H2,1-3H3. The van der Waals surface area contributed by atoms with Gasteiger partial charge in [-0.05, 0) is 43.5 Å². The molecule has 1 atom stereocenters. The molecule has 2 aromatic rings. The predicted octanol–water partition coefficient (Wildman–Crippen LogP) is 4.83. The van der Waals surface area contributed by atoms with Gasteiger partial charge in [-0.25, -0.2) is 0 Å². The van der Waals surface area contributed by atoms with Gasteiger partial charge in [-0.1, -0.05) is 41.5 Å². The first kappa shape index (κ1) is 14.0. The SMILES string of the molecule is COc1ccc(CC(Cl)c2cc(C)cc(C)c2)cc1. The molecule has 0 bridgehead atoms. The van der Waals surface area contributed by atoms with E-state index in [2.05, 4.69) is 44.2 Å². The molecule has 2 aromatic carbocycles. The zero-order chi connectivity index (χ0) is 13.8. The third-order valence-electron chi connectivity index (χ3n) is 3.18. The average Bonchev–Trinajstić information content (AvgIpc) is 2.38. The van der Waals surface area contributed by atoms with Crippen molar-refractivity contribution in [1.82, 2.24) is 0 Å². The molecule has 0 aliphatic carbocycles. The van der Waals surface area contributed by atoms with Gasteiger partial charge in [0.2, 0.25) is 0 Å². The second kappa shape index (κ2) is 6.12. The van der Waals surface area contributed by atoms with E-state index in [0.29, 0.717) is 0 Å². The van der Waals surface area contributed by atoms with Crippen LogP contribution in [0.3, 0.4) is 0 Å². The molecule has 0 N–H and O–H groups in total. The van der Waals surface area contributed by atoms with Crippen molar-refractivity contribution in [2.45, 2.75) is 25.6 Å². The Hall–Kier alpha value is -1.47. The van der Waals surface area contributed by atoms with E-state index >= 15 is 0 Å². The topological polar surface area (TPSA) is 9.23 Å². The third-order valence-corrected chi connectivity index (χ3v) is 3.59. The molecule has 0 amide bonds. The summed E-state index contributed by atoms with van der Waals surface area (Å²) in [6.45, 7) is 4.21. The number of rotatable bonds is 4. The summed E-state index contributed by atoms with van der Waals surface area (Å²) in [5.41, 5.74) is 4.93. The number of alkyl halides is 1. The first-order chi connectivity index (χ1) is 9.08. The van der Waals surface area contributed by atoms with E-state index < -0.39 is 0 Å². The first-order valence-electron chi connectivity index (χ1n) is 6.43. The highest BCUT2D eigenvalue weighted by molar-refractivity contribution is 6.20. The molecular weight excluding hydrogens is 256 g/mol. The van der Waals surface area contributed by atoms with Gasteiger partial charge >= 0.3 is 0 Å². The Balaban J connectivity index is 2.13. The first-order valence-corrected chi connectivity index (χ1v) is 6.87. The van der Waals surface area contributed by atoms with E-state index in [0.717, 1.165) is 12.2 Å². The second-order valence-corrected chi connectivity index (χ2v) is 5.47. The van der Waals surface area contributed by atoms with Gasteiger partial charge in [0.05, 0.1) is 12.5 Å². The molecular formula is C17H19ClO. The molecule has 0 aromatic heterocycles. The molecule has 0 radical (unpaired) electrons. The van der Waals surface area contributed by atoms with Gasteiger partial charge in [0.25, 0.3) is 0 Å². The largest absolute Gasteiger partial charge is 0.497 e. The van der Waals surface area contributed by atoms with Crippen LogP contribution in [0.5, 0.6) is 5.75 Å². The van der Waals surface area contributed by atoms with Crippen LogP contribution in [0, 0.1) is 13.8 Å². The van der Waals surface area contributed by atoms with Crippen LogP contribution in [0.25, 0.3) is 0 Å². The maximum absolute atomic E-state index is 6.53. The Morgan fingerprint density at radius 3 is 2.11 bits per heavy atom. The van der Waals surface area contributed by atoms with Gasteiger partial charge in [-0.3, -0.25) is 0 Å². The maximum Gasteiger partial charge on any atom is 0.118 e. The van der Waals surface area contributed by atoms with Crippen molar-refractivity contribution in [3.8, 4) is 5.75 Å². The summed E-state index contributed by atoms with van der Waals surface area (Å²) in [6, 6.07) is 14.6. The molecule has 0 aliphatic heterocycles. The van der Waals surface area contributed by atoms with E-state index in [-0.39, 0.29) is 5.38 Å². The highest BCUT2D eigenvalue weighted by Gasteiger charge is 2.10. The molecule has 0 spiro atoms. The quantitative estimate of drug-likeness (QED) is 0.725. The Labute approximate surface area is 120 Å². The molecule has 2 rings (SSSR count). The minimum absolute atomic E-state index is 0.00648. The Morgan fingerprint density at radius 2 is 1.58 bits per heavy atom. The van der Waals surface area contributed by atoms with Crippen molar-refractivity contribution in [2.75, 3.05) is 7.11 Å². The van der Waals surface area contributed by atoms with E-state index in [4.69, 9.17) is 16.3 Å². The lowest BCUT2D eigenvalue weighted by molar-refractivity contribution is 0.414. The van der Waals surface area contributed by atoms with Gasteiger partial charge in [0, 0.05) is 0 Å². The Kier molecular flexibility index (Phi) is 4.49. The summed E-state index contributed by atoms with van der Waals surface area (Å²) in [5.74, 6) is 0.876. The lowest BCUT2D eigenvalue weighted by Crippen LogP contribution is -1.97. The average molecular weight is 275 g/mol. The van der Waals surface area contributed by atoms with Crippen LogP contribution in [-0.4, -0.2) is 7.11 Å². The van der Waals surface area contributed by atoms with Gasteiger partial charge in [-0.15, -0.1) is 11.6 Å². The zero-order valence-electron chi connectivity index (χ0n) is 11.6. The number of aryl methyl sites for hydroxylation is 2. The minimum atomic E-state index is 0.00648. The highest BCUT2D eigenvalue weighted by Crippen LogP contribution is 2.27. The lowest BCUT2D eigenvalue weighted by atomic mass is 10.0. The van der Waals surface area contributed by atoms with E-state index in [1.54, 1.807) is 7.11 Å². The minimum Gasteiger partial charge on any atom is -0.497 e. The van der Waals surface area contributed by atoms with Crippen LogP contribution < -0.4 is 4.74 Å². The van der Waals surface area contributed by atoms with Crippen LogP contribution in [0.1, 0.15) is 27.6 Å². The summed E-state index contributed by atoms with van der Waals surface area (Å²) >= 11 is 6.53. The van der Waals surface area contributed by atoms with Crippen molar-refractivity contribution in [3.63, 3.8) is 0 Å². The van der Waals surface area contributed by atoms with Gasteiger partial charge in [0.1, 0.15) is 5.75 Å². The van der Waals surface area contributed by atoms with Crippen LogP contribution >= 0.6 is 11.6 Å². The lowest BCUT2D eigenvalue weighted by Gasteiger charge is -2.12. The van der Waals surface area contributed by atoms with Gasteiger partial charge in [0.15, 0.2) is 0 Å². The Bertz CT molecular complexity index is 525. The number of hydrogen-bond donors (Lipinski definition) is 0. The highest BCUT2D eigenvalue weighted by atomic mass is 35.5. The smallest absolute Gasteiger partial charge is 0.118 e. The van der Waals surface area contributed by atoms with E-state index in [9.17, 15) is 0 Å². The number of ether oxygens (including phenoxy) is 1. The summed E-state index contributed by atoms with van der Waals surface area (Å²) in [5, 5.41) is 0.00648.